The fourth-order valence-electron chi connectivity index (χ4n) is 9.70. The van der Waals surface area contributed by atoms with Crippen molar-refractivity contribution in [2.24, 2.45) is 58.2 Å². The average molecular weight is 479 g/mol. The lowest BCUT2D eigenvalue weighted by Crippen LogP contribution is -2.64. The van der Waals surface area contributed by atoms with Crippen molar-refractivity contribution < 1.29 is 25.2 Å². The van der Waals surface area contributed by atoms with Gasteiger partial charge in [0.1, 0.15) is 5.78 Å². The van der Waals surface area contributed by atoms with Gasteiger partial charge in [-0.1, -0.05) is 41.0 Å². The maximum absolute atomic E-state index is 13.6. The molecule has 4 aliphatic carbocycles. The van der Waals surface area contributed by atoms with Crippen LogP contribution in [0.25, 0.3) is 0 Å². The number of Topliss-reactive ketones (excluding diaryl/α,β-unsaturated/α-hetero) is 1. The zero-order valence-corrected chi connectivity index (χ0v) is 22.3. The van der Waals surface area contributed by atoms with Gasteiger partial charge in [0.15, 0.2) is 0 Å². The summed E-state index contributed by atoms with van der Waals surface area (Å²) in [7, 11) is 0. The molecule has 0 bridgehead atoms. The average Bonchev–Trinajstić information content (AvgIpc) is 3.03. The first kappa shape index (κ1) is 26.6. The van der Waals surface area contributed by atoms with Crippen LogP contribution >= 0.6 is 0 Å². The molecule has 34 heavy (non-hydrogen) atoms. The van der Waals surface area contributed by atoms with Gasteiger partial charge in [0.25, 0.3) is 0 Å². The quantitative estimate of drug-likeness (QED) is 0.459. The Labute approximate surface area is 206 Å². The van der Waals surface area contributed by atoms with Gasteiger partial charge in [0, 0.05) is 18.3 Å². The predicted molar refractivity (Wildman–Crippen MR) is 133 cm³/mol. The molecule has 4 rings (SSSR count). The van der Waals surface area contributed by atoms with E-state index in [4.69, 9.17) is 0 Å². The van der Waals surface area contributed by atoms with Gasteiger partial charge < -0.3 is 20.4 Å². The Bertz CT molecular complexity index is 743. The summed E-state index contributed by atoms with van der Waals surface area (Å²) in [6, 6.07) is 0. The number of hydrogen-bond donors (Lipinski definition) is 4. The highest BCUT2D eigenvalue weighted by Crippen LogP contribution is 2.67. The van der Waals surface area contributed by atoms with Crippen LogP contribution in [-0.4, -0.2) is 50.6 Å². The van der Waals surface area contributed by atoms with Crippen molar-refractivity contribution in [3.05, 3.63) is 0 Å². The molecule has 4 aliphatic rings. The molecule has 4 N–H and O–H groups in total. The van der Waals surface area contributed by atoms with Gasteiger partial charge in [-0.3, -0.25) is 4.79 Å². The van der Waals surface area contributed by atoms with Gasteiger partial charge in [0.2, 0.25) is 0 Å². The van der Waals surface area contributed by atoms with Crippen LogP contribution in [0.2, 0.25) is 0 Å². The molecule has 0 amide bonds. The van der Waals surface area contributed by atoms with Crippen molar-refractivity contribution in [3.63, 3.8) is 0 Å². The minimum Gasteiger partial charge on any atom is -0.393 e. The van der Waals surface area contributed by atoms with Gasteiger partial charge in [-0.05, 0) is 91.8 Å². The van der Waals surface area contributed by atoms with E-state index >= 15 is 0 Å². The molecule has 5 nitrogen and oxygen atoms in total. The Hall–Kier alpha value is -0.490. The predicted octanol–water partition coefficient (Wildman–Crippen LogP) is 4.20. The van der Waals surface area contributed by atoms with E-state index in [1.807, 2.05) is 6.92 Å². The molecule has 4 saturated carbocycles. The van der Waals surface area contributed by atoms with Crippen molar-refractivity contribution in [2.75, 3.05) is 0 Å². The van der Waals surface area contributed by atoms with Crippen LogP contribution in [0.1, 0.15) is 92.9 Å². The highest BCUT2D eigenvalue weighted by atomic mass is 16.3. The first-order valence-electron chi connectivity index (χ1n) is 14.1. The van der Waals surface area contributed by atoms with Crippen LogP contribution < -0.4 is 0 Å². The molecule has 5 heteroatoms. The second kappa shape index (κ2) is 9.43. The molecular weight excluding hydrogens is 428 g/mol. The Morgan fingerprint density at radius 3 is 2.18 bits per heavy atom. The molecule has 0 unspecified atom stereocenters. The van der Waals surface area contributed by atoms with Crippen molar-refractivity contribution >= 4 is 5.78 Å². The van der Waals surface area contributed by atoms with Crippen LogP contribution in [0.15, 0.2) is 0 Å². The van der Waals surface area contributed by atoms with E-state index in [1.54, 1.807) is 0 Å². The smallest absolute Gasteiger partial charge is 0.137 e. The Balaban J connectivity index is 1.57. The number of rotatable bonds is 6. The molecule has 0 aromatic rings. The summed E-state index contributed by atoms with van der Waals surface area (Å²) in [6.07, 6.45) is 4.21. The third kappa shape index (κ3) is 4.11. The van der Waals surface area contributed by atoms with Gasteiger partial charge in [0.05, 0.1) is 24.4 Å². The van der Waals surface area contributed by atoms with Gasteiger partial charge in [-0.25, -0.2) is 0 Å². The molecule has 0 radical (unpaired) electrons. The lowest BCUT2D eigenvalue weighted by Gasteiger charge is -2.63. The standard InChI is InChI=1S/C29H50O5/c1-15(2)19(17(4)30)8-7-16(3)21-14-23(32)25-24-20(10-12-29(21,25)6)28(5)11-9-18(31)13-22(28)26(33)27(24)34/h15-22,24-27,30-31,33-34H,7-14H2,1-6H3/t16-,17-,18+,19-,20+,21-,22-,24-,25-,26-,27-,28-,29-/m1/s1. The van der Waals surface area contributed by atoms with Gasteiger partial charge in [-0.2, -0.15) is 0 Å². The summed E-state index contributed by atoms with van der Waals surface area (Å²) in [6.45, 7) is 13.1. The first-order chi connectivity index (χ1) is 15.8. The van der Waals surface area contributed by atoms with Crippen molar-refractivity contribution in [3.8, 4) is 0 Å². The van der Waals surface area contributed by atoms with Crippen molar-refractivity contribution in [2.45, 2.75) is 117 Å². The summed E-state index contributed by atoms with van der Waals surface area (Å²) < 4.78 is 0. The lowest BCUT2D eigenvalue weighted by molar-refractivity contribution is -0.222. The van der Waals surface area contributed by atoms with E-state index in [0.717, 1.165) is 38.5 Å². The second-order valence-electron chi connectivity index (χ2n) is 13.7. The minimum atomic E-state index is -0.892. The Morgan fingerprint density at radius 2 is 1.56 bits per heavy atom. The van der Waals surface area contributed by atoms with Crippen molar-refractivity contribution in [1.29, 1.82) is 0 Å². The normalized spacial score (nSPS) is 49.2. The van der Waals surface area contributed by atoms with Crippen LogP contribution in [0.4, 0.5) is 0 Å². The Morgan fingerprint density at radius 1 is 0.912 bits per heavy atom. The number of hydrogen-bond acceptors (Lipinski definition) is 5. The Kier molecular flexibility index (Phi) is 7.37. The SMILES string of the molecule is CC(C)[C@@H](CC[C@@H](C)[C@H]1CC(=O)[C@@H]2[C@@H]3[C@@H](O)[C@H](O)[C@H]4C[C@@H](O)CC[C@]4(C)[C@H]3CC[C@]12C)[C@@H](C)O. The fourth-order valence-corrected chi connectivity index (χ4v) is 9.70. The summed E-state index contributed by atoms with van der Waals surface area (Å²) in [5, 5.41) is 43.1. The van der Waals surface area contributed by atoms with E-state index in [9.17, 15) is 25.2 Å². The third-order valence-corrected chi connectivity index (χ3v) is 11.7. The summed E-state index contributed by atoms with van der Waals surface area (Å²) in [5.74, 6) is 1.41. The highest BCUT2D eigenvalue weighted by molar-refractivity contribution is 5.85. The molecule has 13 atom stereocenters. The molecule has 0 aliphatic heterocycles. The highest BCUT2D eigenvalue weighted by Gasteiger charge is 2.67. The second-order valence-corrected chi connectivity index (χ2v) is 13.7. The number of fused-ring (bicyclic) bond motifs is 5. The fraction of sp³-hybridized carbons (Fsp3) is 0.966. The summed E-state index contributed by atoms with van der Waals surface area (Å²) in [5.41, 5.74) is -0.274. The molecule has 0 aromatic heterocycles. The molecular formula is C29H50O5. The first-order valence-corrected chi connectivity index (χ1v) is 14.1. The van der Waals surface area contributed by atoms with E-state index in [1.165, 1.54) is 0 Å². The summed E-state index contributed by atoms with van der Waals surface area (Å²) >= 11 is 0. The molecule has 196 valence electrons. The molecule has 4 fully saturated rings. The van der Waals surface area contributed by atoms with Crippen LogP contribution in [0.5, 0.6) is 0 Å². The topological polar surface area (TPSA) is 98.0 Å². The maximum atomic E-state index is 13.6. The number of carbonyl (C=O) groups is 1. The lowest BCUT2D eigenvalue weighted by atomic mass is 9.43. The van der Waals surface area contributed by atoms with Crippen LogP contribution in [0.3, 0.4) is 0 Å². The number of ketones is 1. The zero-order chi connectivity index (χ0) is 25.2. The molecule has 0 saturated heterocycles. The van der Waals surface area contributed by atoms with E-state index in [2.05, 4.69) is 34.6 Å². The molecule has 0 heterocycles. The number of aliphatic hydroxyl groups is 4. The monoisotopic (exact) mass is 478 g/mol. The van der Waals surface area contributed by atoms with Gasteiger partial charge in [-0.15, -0.1) is 0 Å². The van der Waals surface area contributed by atoms with Crippen LogP contribution in [0, 0.1) is 58.2 Å². The molecule has 0 spiro atoms. The van der Waals surface area contributed by atoms with E-state index < -0.39 is 18.3 Å². The molecule has 0 aromatic carbocycles. The van der Waals surface area contributed by atoms with E-state index in [-0.39, 0.29) is 58.2 Å². The zero-order valence-electron chi connectivity index (χ0n) is 22.3. The van der Waals surface area contributed by atoms with Crippen molar-refractivity contribution in [1.82, 2.24) is 0 Å². The largest absolute Gasteiger partial charge is 0.393 e. The number of aliphatic hydroxyl groups excluding tert-OH is 4. The summed E-state index contributed by atoms with van der Waals surface area (Å²) in [4.78, 5) is 13.6. The number of carbonyl (C=O) groups excluding carboxylic acids is 1. The van der Waals surface area contributed by atoms with Gasteiger partial charge >= 0.3 is 0 Å². The minimum absolute atomic E-state index is 0.100. The maximum Gasteiger partial charge on any atom is 0.137 e. The van der Waals surface area contributed by atoms with E-state index in [0.29, 0.717) is 24.7 Å². The van der Waals surface area contributed by atoms with Crippen LogP contribution in [-0.2, 0) is 4.79 Å². The third-order valence-electron chi connectivity index (χ3n) is 11.7.